The molecule has 1 unspecified atom stereocenters. The molecule has 1 atom stereocenters. The summed E-state index contributed by atoms with van der Waals surface area (Å²) in [5.41, 5.74) is 1.10. The van der Waals surface area contributed by atoms with Crippen molar-refractivity contribution < 1.29 is 9.47 Å². The van der Waals surface area contributed by atoms with Crippen molar-refractivity contribution in [3.05, 3.63) is 48.3 Å². The maximum absolute atomic E-state index is 5.88. The highest BCUT2D eigenvalue weighted by Crippen LogP contribution is 2.29. The molecule has 0 fully saturated rings. The van der Waals surface area contributed by atoms with E-state index in [0.29, 0.717) is 11.8 Å². The van der Waals surface area contributed by atoms with Crippen LogP contribution in [0.15, 0.2) is 48.3 Å². The lowest BCUT2D eigenvalue weighted by atomic mass is 9.92. The van der Waals surface area contributed by atoms with Crippen molar-refractivity contribution in [2.45, 2.75) is 6.42 Å². The van der Waals surface area contributed by atoms with Gasteiger partial charge >= 0.3 is 0 Å². The standard InChI is InChI=1S/C11H11ClO2/c12-7-9-3-1-2-4-10(9)11-8-13-5-6-14-11/h1-2,4-6,8-9H,3,7H2. The Morgan fingerprint density at radius 1 is 1.43 bits per heavy atom. The van der Waals surface area contributed by atoms with Crippen molar-refractivity contribution in [2.24, 2.45) is 5.92 Å². The van der Waals surface area contributed by atoms with Crippen LogP contribution in [0.25, 0.3) is 0 Å². The lowest BCUT2D eigenvalue weighted by molar-refractivity contribution is 0.259. The fraction of sp³-hybridized carbons (Fsp3) is 0.273. The average Bonchev–Trinajstić information content (AvgIpc) is 2.30. The second kappa shape index (κ2) is 4.38. The fourth-order valence-electron chi connectivity index (χ4n) is 1.51. The van der Waals surface area contributed by atoms with Gasteiger partial charge in [0.2, 0.25) is 0 Å². The zero-order valence-corrected chi connectivity index (χ0v) is 8.41. The highest BCUT2D eigenvalue weighted by atomic mass is 35.5. The summed E-state index contributed by atoms with van der Waals surface area (Å²) in [6, 6.07) is 0. The zero-order valence-electron chi connectivity index (χ0n) is 7.65. The Morgan fingerprint density at radius 2 is 2.36 bits per heavy atom. The molecule has 0 aromatic carbocycles. The van der Waals surface area contributed by atoms with Gasteiger partial charge in [0, 0.05) is 17.4 Å². The lowest BCUT2D eigenvalue weighted by Crippen LogP contribution is -2.11. The number of allylic oxidation sites excluding steroid dienone is 4. The number of hydrogen-bond donors (Lipinski definition) is 0. The SMILES string of the molecule is ClCC1CC=CC=C1C1=COC=CO1. The van der Waals surface area contributed by atoms with E-state index in [9.17, 15) is 0 Å². The first-order chi connectivity index (χ1) is 6.92. The highest BCUT2D eigenvalue weighted by Gasteiger charge is 2.20. The molecule has 0 aromatic rings. The van der Waals surface area contributed by atoms with E-state index in [1.165, 1.54) is 12.5 Å². The first kappa shape index (κ1) is 9.41. The van der Waals surface area contributed by atoms with Crippen molar-refractivity contribution in [2.75, 3.05) is 5.88 Å². The maximum atomic E-state index is 5.88. The van der Waals surface area contributed by atoms with Gasteiger partial charge in [0.1, 0.15) is 18.8 Å². The van der Waals surface area contributed by atoms with Crippen LogP contribution in [0.4, 0.5) is 0 Å². The van der Waals surface area contributed by atoms with Crippen LogP contribution < -0.4 is 0 Å². The Bertz CT molecular complexity index is 326. The summed E-state index contributed by atoms with van der Waals surface area (Å²) in [6.07, 6.45) is 11.7. The topological polar surface area (TPSA) is 18.5 Å². The number of hydrogen-bond acceptors (Lipinski definition) is 2. The summed E-state index contributed by atoms with van der Waals surface area (Å²) < 4.78 is 10.4. The first-order valence-corrected chi connectivity index (χ1v) is 5.05. The van der Waals surface area contributed by atoms with E-state index in [4.69, 9.17) is 21.1 Å². The molecular formula is C11H11ClO2. The predicted octanol–water partition coefficient (Wildman–Crippen LogP) is 3.09. The molecule has 1 aliphatic carbocycles. The number of alkyl halides is 1. The van der Waals surface area contributed by atoms with E-state index in [0.717, 1.165) is 17.8 Å². The van der Waals surface area contributed by atoms with Crippen LogP contribution in [0, 0.1) is 5.92 Å². The van der Waals surface area contributed by atoms with Crippen LogP contribution in [0.5, 0.6) is 0 Å². The quantitative estimate of drug-likeness (QED) is 0.653. The summed E-state index contributed by atoms with van der Waals surface area (Å²) in [5, 5.41) is 0. The van der Waals surface area contributed by atoms with Crippen LogP contribution in [-0.2, 0) is 9.47 Å². The summed E-state index contributed by atoms with van der Waals surface area (Å²) in [5.74, 6) is 1.67. The van der Waals surface area contributed by atoms with Crippen LogP contribution in [0.3, 0.4) is 0 Å². The predicted molar refractivity (Wildman–Crippen MR) is 55.4 cm³/mol. The van der Waals surface area contributed by atoms with Crippen molar-refractivity contribution in [3.8, 4) is 0 Å². The van der Waals surface area contributed by atoms with E-state index in [1.54, 1.807) is 6.26 Å². The van der Waals surface area contributed by atoms with Crippen LogP contribution in [0.2, 0.25) is 0 Å². The molecule has 0 saturated carbocycles. The van der Waals surface area contributed by atoms with Crippen LogP contribution >= 0.6 is 11.6 Å². The molecule has 0 saturated heterocycles. The molecule has 0 amide bonds. The number of ether oxygens (including phenoxy) is 2. The van der Waals surface area contributed by atoms with Gasteiger partial charge in [-0.05, 0) is 6.42 Å². The first-order valence-electron chi connectivity index (χ1n) is 4.52. The molecule has 2 aliphatic rings. The van der Waals surface area contributed by atoms with Gasteiger partial charge in [0.15, 0.2) is 5.76 Å². The van der Waals surface area contributed by atoms with Gasteiger partial charge in [-0.1, -0.05) is 18.2 Å². The van der Waals surface area contributed by atoms with Crippen LogP contribution in [0.1, 0.15) is 6.42 Å². The molecule has 2 rings (SSSR count). The molecule has 3 heteroatoms. The molecule has 0 N–H and O–H groups in total. The maximum Gasteiger partial charge on any atom is 0.165 e. The third-order valence-electron chi connectivity index (χ3n) is 2.25. The van der Waals surface area contributed by atoms with Crippen molar-refractivity contribution in [1.82, 2.24) is 0 Å². The average molecular weight is 211 g/mol. The third kappa shape index (κ3) is 1.85. The van der Waals surface area contributed by atoms with E-state index in [2.05, 4.69) is 6.08 Å². The molecule has 74 valence electrons. The Hall–Kier alpha value is -1.15. The Morgan fingerprint density at radius 3 is 3.07 bits per heavy atom. The van der Waals surface area contributed by atoms with Crippen LogP contribution in [-0.4, -0.2) is 5.88 Å². The molecule has 1 heterocycles. The van der Waals surface area contributed by atoms with Gasteiger partial charge in [0.25, 0.3) is 0 Å². The fourth-order valence-corrected chi connectivity index (χ4v) is 1.80. The summed E-state index contributed by atoms with van der Waals surface area (Å²) >= 11 is 5.88. The molecule has 1 aliphatic heterocycles. The molecule has 2 nitrogen and oxygen atoms in total. The van der Waals surface area contributed by atoms with E-state index in [1.807, 2.05) is 12.2 Å². The molecular weight excluding hydrogens is 200 g/mol. The third-order valence-corrected chi connectivity index (χ3v) is 2.62. The van der Waals surface area contributed by atoms with Gasteiger partial charge in [-0.25, -0.2) is 0 Å². The van der Waals surface area contributed by atoms with Gasteiger partial charge in [-0.3, -0.25) is 0 Å². The van der Waals surface area contributed by atoms with Gasteiger partial charge in [0.05, 0.1) is 0 Å². The second-order valence-corrected chi connectivity index (χ2v) is 3.45. The van der Waals surface area contributed by atoms with E-state index < -0.39 is 0 Å². The molecule has 0 bridgehead atoms. The summed E-state index contributed by atoms with van der Waals surface area (Å²) in [4.78, 5) is 0. The smallest absolute Gasteiger partial charge is 0.165 e. The minimum absolute atomic E-state index is 0.322. The van der Waals surface area contributed by atoms with Crippen molar-refractivity contribution in [3.63, 3.8) is 0 Å². The van der Waals surface area contributed by atoms with Gasteiger partial charge in [-0.15, -0.1) is 11.6 Å². The zero-order chi connectivity index (χ0) is 9.80. The Labute approximate surface area is 88.1 Å². The summed E-state index contributed by atoms with van der Waals surface area (Å²) in [6.45, 7) is 0. The second-order valence-electron chi connectivity index (χ2n) is 3.15. The van der Waals surface area contributed by atoms with Crippen molar-refractivity contribution >= 4 is 11.6 Å². The molecule has 0 spiro atoms. The normalized spacial score (nSPS) is 24.8. The van der Waals surface area contributed by atoms with Crippen molar-refractivity contribution in [1.29, 1.82) is 0 Å². The molecule has 0 aromatic heterocycles. The minimum atomic E-state index is 0.322. The highest BCUT2D eigenvalue weighted by molar-refractivity contribution is 6.18. The van der Waals surface area contributed by atoms with E-state index in [-0.39, 0.29) is 0 Å². The molecule has 0 radical (unpaired) electrons. The lowest BCUT2D eigenvalue weighted by Gasteiger charge is -2.21. The summed E-state index contributed by atoms with van der Waals surface area (Å²) in [7, 11) is 0. The largest absolute Gasteiger partial charge is 0.466 e. The van der Waals surface area contributed by atoms with Gasteiger partial charge < -0.3 is 9.47 Å². The van der Waals surface area contributed by atoms with Gasteiger partial charge in [-0.2, -0.15) is 0 Å². The molecule has 14 heavy (non-hydrogen) atoms. The number of halogens is 1. The monoisotopic (exact) mass is 210 g/mol. The Balaban J connectivity index is 2.18. The minimum Gasteiger partial charge on any atom is -0.466 e. The van der Waals surface area contributed by atoms with E-state index >= 15 is 0 Å². The number of rotatable bonds is 2. The Kier molecular flexibility index (Phi) is 2.94.